The number of carboxylic acids is 1. The highest BCUT2D eigenvalue weighted by Crippen LogP contribution is 2.30. The number of aromatic amines is 1. The van der Waals surface area contributed by atoms with Crippen LogP contribution in [0.2, 0.25) is 10.0 Å². The van der Waals surface area contributed by atoms with Crippen LogP contribution < -0.4 is 0 Å². The molecule has 2 N–H and O–H groups in total. The van der Waals surface area contributed by atoms with E-state index in [9.17, 15) is 14.7 Å². The maximum atomic E-state index is 13.4. The van der Waals surface area contributed by atoms with Gasteiger partial charge in [-0.3, -0.25) is 9.59 Å². The predicted molar refractivity (Wildman–Crippen MR) is 118 cm³/mol. The van der Waals surface area contributed by atoms with Gasteiger partial charge in [0.2, 0.25) is 5.91 Å². The Morgan fingerprint density at radius 1 is 1.20 bits per heavy atom. The van der Waals surface area contributed by atoms with Crippen LogP contribution in [0.3, 0.4) is 0 Å². The molecular formula is C21H29Cl2N3O4. The van der Waals surface area contributed by atoms with Gasteiger partial charge in [0.1, 0.15) is 5.82 Å². The number of H-pyrrole nitrogens is 1. The summed E-state index contributed by atoms with van der Waals surface area (Å²) in [5.41, 5.74) is 1.24. The number of carbonyl (C=O) groups excluding carboxylic acids is 1. The average Bonchev–Trinajstić information content (AvgIpc) is 3.09. The number of fused-ring (bicyclic) bond motifs is 1. The molecule has 0 fully saturated rings. The summed E-state index contributed by atoms with van der Waals surface area (Å²) in [7, 11) is 1.63. The molecule has 0 saturated heterocycles. The minimum Gasteiger partial charge on any atom is -0.481 e. The molecular weight excluding hydrogens is 429 g/mol. The molecule has 2 aromatic rings. The summed E-state index contributed by atoms with van der Waals surface area (Å²) in [6.07, 6.45) is 3.71. The van der Waals surface area contributed by atoms with Crippen molar-refractivity contribution >= 4 is 46.1 Å². The molecule has 2 rings (SSSR count). The lowest BCUT2D eigenvalue weighted by Gasteiger charge is -2.26. The zero-order chi connectivity index (χ0) is 22.1. The first kappa shape index (κ1) is 24.4. The summed E-state index contributed by atoms with van der Waals surface area (Å²) >= 11 is 12.2. The molecule has 30 heavy (non-hydrogen) atoms. The van der Waals surface area contributed by atoms with Crippen LogP contribution in [-0.2, 0) is 14.3 Å². The summed E-state index contributed by atoms with van der Waals surface area (Å²) in [4.78, 5) is 34.1. The van der Waals surface area contributed by atoms with Crippen LogP contribution >= 0.6 is 23.2 Å². The van der Waals surface area contributed by atoms with Crippen molar-refractivity contribution in [3.05, 3.63) is 28.0 Å². The average molecular weight is 458 g/mol. The lowest BCUT2D eigenvalue weighted by atomic mass is 10.00. The number of unbranched alkanes of at least 4 members (excludes halogenated alkanes) is 2. The fourth-order valence-corrected chi connectivity index (χ4v) is 3.66. The standard InChI is InChI=1S/C21H29Cl2N3O4/c1-3-4-5-9-26(10-6-11-30-2)21(29)14(7-8-19(27)28)20-24-17-12-15(22)16(23)13-18(17)25-20/h12-14H,3-11H2,1-2H3,(H,24,25)(H,27,28). The molecule has 0 spiro atoms. The molecule has 0 bridgehead atoms. The van der Waals surface area contributed by atoms with Crippen molar-refractivity contribution < 1.29 is 19.4 Å². The number of rotatable bonds is 13. The molecule has 0 aliphatic rings. The molecule has 1 heterocycles. The number of halogens is 2. The minimum absolute atomic E-state index is 0.125. The van der Waals surface area contributed by atoms with Gasteiger partial charge < -0.3 is 19.7 Å². The van der Waals surface area contributed by atoms with Gasteiger partial charge in [0, 0.05) is 33.2 Å². The van der Waals surface area contributed by atoms with Gasteiger partial charge in [-0.1, -0.05) is 43.0 Å². The minimum atomic E-state index is -0.952. The Bertz CT molecular complexity index is 807. The van der Waals surface area contributed by atoms with Crippen LogP contribution in [0.5, 0.6) is 0 Å². The largest absolute Gasteiger partial charge is 0.481 e. The second-order valence-electron chi connectivity index (χ2n) is 7.27. The molecule has 1 aromatic heterocycles. The van der Waals surface area contributed by atoms with E-state index in [4.69, 9.17) is 27.9 Å². The molecule has 0 radical (unpaired) electrons. The zero-order valence-corrected chi connectivity index (χ0v) is 18.9. The van der Waals surface area contributed by atoms with E-state index in [1.807, 2.05) is 0 Å². The molecule has 9 heteroatoms. The monoisotopic (exact) mass is 457 g/mol. The summed E-state index contributed by atoms with van der Waals surface area (Å²) in [5, 5.41) is 9.94. The number of ether oxygens (including phenoxy) is 1. The Kier molecular flexibility index (Phi) is 9.88. The third kappa shape index (κ3) is 6.86. The van der Waals surface area contributed by atoms with Gasteiger partial charge in [-0.05, 0) is 31.4 Å². The van der Waals surface area contributed by atoms with E-state index in [-0.39, 0.29) is 18.7 Å². The number of amides is 1. The normalized spacial score (nSPS) is 12.3. The van der Waals surface area contributed by atoms with Gasteiger partial charge in [-0.25, -0.2) is 4.98 Å². The second kappa shape index (κ2) is 12.1. The van der Waals surface area contributed by atoms with E-state index in [1.165, 1.54) is 0 Å². The fraction of sp³-hybridized carbons (Fsp3) is 0.571. The molecule has 166 valence electrons. The van der Waals surface area contributed by atoms with Crippen LogP contribution in [-0.4, -0.2) is 58.7 Å². The van der Waals surface area contributed by atoms with Crippen molar-refractivity contribution in [2.45, 2.75) is 51.4 Å². The number of nitrogens with one attached hydrogen (secondary N) is 1. The number of carboxylic acid groups (broad SMARTS) is 1. The van der Waals surface area contributed by atoms with E-state index < -0.39 is 11.9 Å². The Hall–Kier alpha value is -1.83. The van der Waals surface area contributed by atoms with Crippen molar-refractivity contribution in [2.24, 2.45) is 0 Å². The smallest absolute Gasteiger partial charge is 0.303 e. The Morgan fingerprint density at radius 2 is 1.90 bits per heavy atom. The maximum Gasteiger partial charge on any atom is 0.303 e. The van der Waals surface area contributed by atoms with Gasteiger partial charge in [0.15, 0.2) is 0 Å². The lowest BCUT2D eigenvalue weighted by Crippen LogP contribution is -2.37. The topological polar surface area (TPSA) is 95.5 Å². The first-order valence-corrected chi connectivity index (χ1v) is 11.0. The Labute approximate surface area is 186 Å². The third-order valence-electron chi connectivity index (χ3n) is 4.94. The van der Waals surface area contributed by atoms with E-state index in [1.54, 1.807) is 24.1 Å². The second-order valence-corrected chi connectivity index (χ2v) is 8.08. The molecule has 0 aliphatic carbocycles. The SMILES string of the molecule is CCCCCN(CCCOC)C(=O)C(CCC(=O)O)c1nc2cc(Cl)c(Cl)cc2[nH]1. The lowest BCUT2D eigenvalue weighted by molar-refractivity contribution is -0.137. The van der Waals surface area contributed by atoms with Crippen LogP contribution in [0.4, 0.5) is 0 Å². The van der Waals surface area contributed by atoms with E-state index in [0.717, 1.165) is 19.3 Å². The summed E-state index contributed by atoms with van der Waals surface area (Å²) < 4.78 is 5.12. The molecule has 1 unspecified atom stereocenters. The Balaban J connectivity index is 2.31. The zero-order valence-electron chi connectivity index (χ0n) is 17.4. The van der Waals surface area contributed by atoms with Crippen LogP contribution in [0.25, 0.3) is 11.0 Å². The van der Waals surface area contributed by atoms with E-state index in [0.29, 0.717) is 53.0 Å². The van der Waals surface area contributed by atoms with E-state index in [2.05, 4.69) is 16.9 Å². The first-order chi connectivity index (χ1) is 14.4. The van der Waals surface area contributed by atoms with Crippen molar-refractivity contribution in [2.75, 3.05) is 26.8 Å². The van der Waals surface area contributed by atoms with Gasteiger partial charge in [0.05, 0.1) is 27.0 Å². The van der Waals surface area contributed by atoms with Gasteiger partial charge >= 0.3 is 5.97 Å². The van der Waals surface area contributed by atoms with Crippen LogP contribution in [0.15, 0.2) is 12.1 Å². The van der Waals surface area contributed by atoms with Crippen LogP contribution in [0, 0.1) is 0 Å². The first-order valence-electron chi connectivity index (χ1n) is 10.2. The maximum absolute atomic E-state index is 13.4. The summed E-state index contributed by atoms with van der Waals surface area (Å²) in [6, 6.07) is 3.29. The summed E-state index contributed by atoms with van der Waals surface area (Å²) in [5.74, 6) is -1.33. The number of benzene rings is 1. The highest BCUT2D eigenvalue weighted by atomic mass is 35.5. The summed E-state index contributed by atoms with van der Waals surface area (Å²) in [6.45, 7) is 3.84. The number of aliphatic carboxylic acids is 1. The van der Waals surface area contributed by atoms with Crippen LogP contribution in [0.1, 0.15) is 57.2 Å². The number of aromatic nitrogens is 2. The number of hydrogen-bond acceptors (Lipinski definition) is 4. The fourth-order valence-electron chi connectivity index (χ4n) is 3.34. The van der Waals surface area contributed by atoms with Gasteiger partial charge in [-0.2, -0.15) is 0 Å². The van der Waals surface area contributed by atoms with Crippen molar-refractivity contribution in [1.82, 2.24) is 14.9 Å². The number of nitrogens with zero attached hydrogens (tertiary/aromatic N) is 2. The van der Waals surface area contributed by atoms with Crippen molar-refractivity contribution in [1.29, 1.82) is 0 Å². The van der Waals surface area contributed by atoms with Gasteiger partial charge in [0.25, 0.3) is 0 Å². The third-order valence-corrected chi connectivity index (χ3v) is 5.66. The van der Waals surface area contributed by atoms with Crippen molar-refractivity contribution in [3.8, 4) is 0 Å². The molecule has 7 nitrogen and oxygen atoms in total. The Morgan fingerprint density at radius 3 is 2.57 bits per heavy atom. The highest BCUT2D eigenvalue weighted by molar-refractivity contribution is 6.42. The van der Waals surface area contributed by atoms with Gasteiger partial charge in [-0.15, -0.1) is 0 Å². The van der Waals surface area contributed by atoms with E-state index >= 15 is 0 Å². The number of carbonyl (C=O) groups is 2. The molecule has 0 aliphatic heterocycles. The number of hydrogen-bond donors (Lipinski definition) is 2. The predicted octanol–water partition coefficient (Wildman–Crippen LogP) is 4.87. The highest BCUT2D eigenvalue weighted by Gasteiger charge is 2.29. The molecule has 1 atom stereocenters. The molecule has 1 amide bonds. The quantitative estimate of drug-likeness (QED) is 0.418. The number of imidazole rings is 1. The molecule has 1 aromatic carbocycles. The van der Waals surface area contributed by atoms with Crippen molar-refractivity contribution in [3.63, 3.8) is 0 Å². The number of methoxy groups -OCH3 is 1. The molecule has 0 saturated carbocycles.